The monoisotopic (exact) mass is 348 g/mol. The predicted molar refractivity (Wildman–Crippen MR) is 97.5 cm³/mol. The van der Waals surface area contributed by atoms with Crippen LogP contribution in [-0.2, 0) is 4.74 Å². The van der Waals surface area contributed by atoms with Gasteiger partial charge in [0.2, 0.25) is 0 Å². The van der Waals surface area contributed by atoms with Crippen LogP contribution in [0.5, 0.6) is 5.75 Å². The van der Waals surface area contributed by atoms with Crippen molar-refractivity contribution in [3.8, 4) is 5.75 Å². The van der Waals surface area contributed by atoms with E-state index in [0.29, 0.717) is 36.7 Å². The van der Waals surface area contributed by atoms with Crippen molar-refractivity contribution in [2.45, 2.75) is 46.1 Å². The highest BCUT2D eigenvalue weighted by Gasteiger charge is 2.21. The molecule has 0 unspecified atom stereocenters. The zero-order chi connectivity index (χ0) is 18.2. The molecule has 1 atom stereocenters. The number of hydrogen-bond donors (Lipinski definition) is 1. The van der Waals surface area contributed by atoms with Gasteiger partial charge in [-0.3, -0.25) is 4.79 Å². The average Bonchev–Trinajstić information content (AvgIpc) is 2.62. The molecule has 1 N–H and O–H groups in total. The van der Waals surface area contributed by atoms with Crippen LogP contribution in [0.25, 0.3) is 0 Å². The smallest absolute Gasteiger partial charge is 0.322 e. The number of carbonyl (C=O) groups excluding carboxylic acids is 2. The van der Waals surface area contributed by atoms with Gasteiger partial charge in [0.05, 0.1) is 18.4 Å². The van der Waals surface area contributed by atoms with Gasteiger partial charge in [-0.25, -0.2) is 4.79 Å². The van der Waals surface area contributed by atoms with Crippen molar-refractivity contribution in [1.29, 1.82) is 0 Å². The summed E-state index contributed by atoms with van der Waals surface area (Å²) >= 11 is 0. The van der Waals surface area contributed by atoms with Crippen LogP contribution in [0.15, 0.2) is 18.2 Å². The van der Waals surface area contributed by atoms with Gasteiger partial charge in [-0.1, -0.05) is 0 Å². The topological polar surface area (TPSA) is 67.9 Å². The first-order chi connectivity index (χ1) is 12.0. The molecule has 2 amide bonds. The summed E-state index contributed by atoms with van der Waals surface area (Å²) < 4.78 is 11.3. The Labute approximate surface area is 149 Å². The Morgan fingerprint density at radius 3 is 2.72 bits per heavy atom. The second kappa shape index (κ2) is 9.42. The summed E-state index contributed by atoms with van der Waals surface area (Å²) in [6.45, 7) is 7.72. The van der Waals surface area contributed by atoms with E-state index < -0.39 is 0 Å². The zero-order valence-electron chi connectivity index (χ0n) is 15.3. The second-order valence-corrected chi connectivity index (χ2v) is 6.16. The number of ketones is 1. The molecule has 0 saturated carbocycles. The van der Waals surface area contributed by atoms with Crippen LogP contribution in [0.4, 0.5) is 10.5 Å². The van der Waals surface area contributed by atoms with Crippen molar-refractivity contribution in [3.05, 3.63) is 23.8 Å². The zero-order valence-corrected chi connectivity index (χ0v) is 15.3. The lowest BCUT2D eigenvalue weighted by atomic mass is 10.1. The quantitative estimate of drug-likeness (QED) is 0.763. The van der Waals surface area contributed by atoms with E-state index in [0.717, 1.165) is 25.9 Å². The van der Waals surface area contributed by atoms with Gasteiger partial charge < -0.3 is 19.7 Å². The minimum atomic E-state index is -0.210. The van der Waals surface area contributed by atoms with Gasteiger partial charge in [0.25, 0.3) is 0 Å². The molecular weight excluding hydrogens is 320 g/mol. The van der Waals surface area contributed by atoms with E-state index in [1.54, 1.807) is 23.1 Å². The fourth-order valence-electron chi connectivity index (χ4n) is 2.88. The molecule has 6 nitrogen and oxygen atoms in total. The third-order valence-corrected chi connectivity index (χ3v) is 4.29. The number of anilines is 1. The molecule has 25 heavy (non-hydrogen) atoms. The van der Waals surface area contributed by atoms with Crippen molar-refractivity contribution in [2.24, 2.45) is 0 Å². The predicted octanol–water partition coefficient (Wildman–Crippen LogP) is 3.71. The van der Waals surface area contributed by atoms with Crippen LogP contribution in [-0.4, -0.2) is 49.1 Å². The number of amides is 2. The Morgan fingerprint density at radius 2 is 2.12 bits per heavy atom. The number of likely N-dealkylation sites (N-methyl/N-ethyl adjacent to an activating group) is 1. The van der Waals surface area contributed by atoms with E-state index in [1.165, 1.54) is 6.92 Å². The summed E-state index contributed by atoms with van der Waals surface area (Å²) in [6, 6.07) is 4.88. The molecule has 1 saturated heterocycles. The lowest BCUT2D eigenvalue weighted by molar-refractivity contribution is 0.00221. The van der Waals surface area contributed by atoms with Gasteiger partial charge in [-0.2, -0.15) is 0 Å². The van der Waals surface area contributed by atoms with Crippen LogP contribution in [0.1, 0.15) is 50.4 Å². The molecule has 0 bridgehead atoms. The van der Waals surface area contributed by atoms with Crippen molar-refractivity contribution in [2.75, 3.05) is 31.6 Å². The Balaban J connectivity index is 2.10. The summed E-state index contributed by atoms with van der Waals surface area (Å²) in [5, 5.41) is 2.89. The fourth-order valence-corrected chi connectivity index (χ4v) is 2.88. The summed E-state index contributed by atoms with van der Waals surface area (Å²) in [5.41, 5.74) is 1.06. The minimum absolute atomic E-state index is 0.0542. The molecule has 138 valence electrons. The number of Topliss-reactive ketones (excluding diaryl/α,β-unsaturated/α-hetero) is 1. The number of carbonyl (C=O) groups is 2. The molecule has 6 heteroatoms. The third kappa shape index (κ3) is 5.46. The number of nitrogens with zero attached hydrogens (tertiary/aromatic N) is 1. The van der Waals surface area contributed by atoms with Crippen LogP contribution in [0.2, 0.25) is 0 Å². The third-order valence-electron chi connectivity index (χ3n) is 4.29. The average molecular weight is 348 g/mol. The van der Waals surface area contributed by atoms with E-state index in [2.05, 4.69) is 5.32 Å². The number of hydrogen-bond acceptors (Lipinski definition) is 4. The summed E-state index contributed by atoms with van der Waals surface area (Å²) in [4.78, 5) is 26.0. The number of nitrogens with one attached hydrogen (secondary N) is 1. The Bertz CT molecular complexity index is 597. The lowest BCUT2D eigenvalue weighted by Crippen LogP contribution is -2.41. The number of urea groups is 1. The van der Waals surface area contributed by atoms with Crippen molar-refractivity contribution >= 4 is 17.5 Å². The highest BCUT2D eigenvalue weighted by Crippen LogP contribution is 2.27. The van der Waals surface area contributed by atoms with E-state index in [-0.39, 0.29) is 17.9 Å². The molecule has 2 rings (SSSR count). The lowest BCUT2D eigenvalue weighted by Gasteiger charge is -2.29. The van der Waals surface area contributed by atoms with E-state index >= 15 is 0 Å². The van der Waals surface area contributed by atoms with Crippen molar-refractivity contribution < 1.29 is 19.1 Å². The second-order valence-electron chi connectivity index (χ2n) is 6.16. The standard InChI is InChI=1S/C19H28N2O4/c1-4-21(13-16-8-6-7-11-25-16)19(23)20-17-12-15(14(3)22)9-10-18(17)24-5-2/h9-10,12,16H,4-8,11,13H2,1-3H3,(H,20,23)/t16-/m1/s1. The molecule has 1 fully saturated rings. The van der Waals surface area contributed by atoms with Gasteiger partial charge in [-0.05, 0) is 58.2 Å². The number of ether oxygens (including phenoxy) is 2. The molecule has 1 aromatic rings. The molecule has 1 heterocycles. The highest BCUT2D eigenvalue weighted by atomic mass is 16.5. The molecule has 0 spiro atoms. The summed E-state index contributed by atoms with van der Waals surface area (Å²) in [6.07, 6.45) is 3.30. The van der Waals surface area contributed by atoms with E-state index in [4.69, 9.17) is 9.47 Å². The highest BCUT2D eigenvalue weighted by molar-refractivity contribution is 5.97. The Morgan fingerprint density at radius 1 is 1.32 bits per heavy atom. The SMILES string of the molecule is CCOc1ccc(C(C)=O)cc1NC(=O)N(CC)C[C@H]1CCCCO1. The van der Waals surface area contributed by atoms with Crippen molar-refractivity contribution in [1.82, 2.24) is 4.90 Å². The van der Waals surface area contributed by atoms with Crippen LogP contribution in [0.3, 0.4) is 0 Å². The molecule has 1 aromatic carbocycles. The first kappa shape index (κ1) is 19.2. The number of benzene rings is 1. The molecule has 1 aliphatic heterocycles. The first-order valence-electron chi connectivity index (χ1n) is 9.00. The van der Waals surface area contributed by atoms with Gasteiger partial charge in [0.1, 0.15) is 5.75 Å². The van der Waals surface area contributed by atoms with Gasteiger partial charge >= 0.3 is 6.03 Å². The molecule has 0 radical (unpaired) electrons. The fraction of sp³-hybridized carbons (Fsp3) is 0.579. The maximum atomic E-state index is 12.7. The van der Waals surface area contributed by atoms with E-state index in [1.807, 2.05) is 13.8 Å². The minimum Gasteiger partial charge on any atom is -0.492 e. The van der Waals surface area contributed by atoms with Gasteiger partial charge in [-0.15, -0.1) is 0 Å². The largest absolute Gasteiger partial charge is 0.492 e. The van der Waals surface area contributed by atoms with Crippen LogP contribution in [0, 0.1) is 0 Å². The summed E-state index contributed by atoms with van der Waals surface area (Å²) in [5.74, 6) is 0.507. The maximum absolute atomic E-state index is 12.7. The summed E-state index contributed by atoms with van der Waals surface area (Å²) in [7, 11) is 0. The van der Waals surface area contributed by atoms with Gasteiger partial charge in [0.15, 0.2) is 5.78 Å². The molecule has 0 aliphatic carbocycles. The Kier molecular flexibility index (Phi) is 7.25. The van der Waals surface area contributed by atoms with E-state index in [9.17, 15) is 9.59 Å². The number of rotatable bonds is 7. The molecule has 0 aromatic heterocycles. The Hall–Kier alpha value is -2.08. The van der Waals surface area contributed by atoms with Crippen LogP contribution < -0.4 is 10.1 Å². The van der Waals surface area contributed by atoms with Crippen LogP contribution >= 0.6 is 0 Å². The maximum Gasteiger partial charge on any atom is 0.322 e. The normalized spacial score (nSPS) is 17.0. The van der Waals surface area contributed by atoms with Gasteiger partial charge in [0, 0.05) is 25.3 Å². The molecular formula is C19H28N2O4. The van der Waals surface area contributed by atoms with Crippen molar-refractivity contribution in [3.63, 3.8) is 0 Å². The first-order valence-corrected chi connectivity index (χ1v) is 9.00. The molecule has 1 aliphatic rings.